The molecule has 0 aliphatic rings. The van der Waals surface area contributed by atoms with Gasteiger partial charge in [-0.25, -0.2) is 9.59 Å². The Labute approximate surface area is 95.1 Å². The topological polar surface area (TPSA) is 102 Å². The van der Waals surface area contributed by atoms with Gasteiger partial charge >= 0.3 is 12.1 Å². The minimum Gasteiger partial charge on any atom is -0.480 e. The maximum atomic E-state index is 11.3. The van der Waals surface area contributed by atoms with Crippen molar-refractivity contribution < 1.29 is 19.4 Å². The SMILES string of the molecule is CC(C)(C)OC(=O)N[C@@H](CC[13CH2]N)C(=O)O. The zero-order valence-electron chi connectivity index (χ0n) is 9.95. The van der Waals surface area contributed by atoms with Crippen molar-refractivity contribution in [1.29, 1.82) is 0 Å². The summed E-state index contributed by atoms with van der Waals surface area (Å²) in [6, 6.07) is -0.946. The zero-order chi connectivity index (χ0) is 12.8. The number of carboxylic acids is 1. The van der Waals surface area contributed by atoms with Crippen LogP contribution in [0.5, 0.6) is 0 Å². The van der Waals surface area contributed by atoms with E-state index in [1.54, 1.807) is 20.8 Å². The van der Waals surface area contributed by atoms with Crippen LogP contribution in [0.4, 0.5) is 4.79 Å². The molecule has 0 saturated heterocycles. The molecule has 6 nitrogen and oxygen atoms in total. The second-order valence-corrected chi connectivity index (χ2v) is 4.47. The van der Waals surface area contributed by atoms with E-state index in [2.05, 4.69) is 5.32 Å². The van der Waals surface area contributed by atoms with Crippen LogP contribution in [0.25, 0.3) is 0 Å². The Morgan fingerprint density at radius 1 is 1.44 bits per heavy atom. The summed E-state index contributed by atoms with van der Waals surface area (Å²) in [6.45, 7) is 5.52. The van der Waals surface area contributed by atoms with Crippen molar-refractivity contribution in [3.8, 4) is 0 Å². The van der Waals surface area contributed by atoms with Crippen LogP contribution < -0.4 is 11.1 Å². The minimum absolute atomic E-state index is 0.297. The van der Waals surface area contributed by atoms with Gasteiger partial charge in [-0.2, -0.15) is 0 Å². The van der Waals surface area contributed by atoms with Crippen LogP contribution in [0.1, 0.15) is 33.6 Å². The number of hydrogen-bond donors (Lipinski definition) is 3. The largest absolute Gasteiger partial charge is 0.480 e. The number of nitrogens with one attached hydrogen (secondary N) is 1. The molecule has 4 N–H and O–H groups in total. The molecule has 0 aromatic carbocycles. The summed E-state index contributed by atoms with van der Waals surface area (Å²) in [6.07, 6.45) is 0.106. The van der Waals surface area contributed by atoms with Crippen LogP contribution in [0.15, 0.2) is 0 Å². The van der Waals surface area contributed by atoms with E-state index in [9.17, 15) is 9.59 Å². The molecule has 1 amide bonds. The standard InChI is InChI=1S/C10H20N2O4/c1-10(2,3)16-9(15)12-7(8(13)14)5-4-6-11/h7H,4-6,11H2,1-3H3,(H,12,15)(H,13,14)/t7-/m0/s1/i6+1. The van der Waals surface area contributed by atoms with Crippen molar-refractivity contribution in [3.05, 3.63) is 0 Å². The summed E-state index contributed by atoms with van der Waals surface area (Å²) in [7, 11) is 0. The van der Waals surface area contributed by atoms with E-state index in [1.807, 2.05) is 0 Å². The van der Waals surface area contributed by atoms with Gasteiger partial charge in [0.2, 0.25) is 0 Å². The van der Waals surface area contributed by atoms with Gasteiger partial charge < -0.3 is 20.9 Å². The number of rotatable bonds is 5. The van der Waals surface area contributed by atoms with Gasteiger partial charge in [0.25, 0.3) is 0 Å². The van der Waals surface area contributed by atoms with E-state index in [4.69, 9.17) is 15.6 Å². The van der Waals surface area contributed by atoms with Crippen molar-refractivity contribution in [2.24, 2.45) is 5.73 Å². The van der Waals surface area contributed by atoms with Crippen LogP contribution in [0.3, 0.4) is 0 Å². The first-order chi connectivity index (χ1) is 7.26. The third-order valence-corrected chi connectivity index (χ3v) is 1.69. The van der Waals surface area contributed by atoms with Gasteiger partial charge in [0, 0.05) is 0 Å². The first kappa shape index (κ1) is 14.7. The third-order valence-electron chi connectivity index (χ3n) is 1.69. The average Bonchev–Trinajstić information content (AvgIpc) is 2.08. The Balaban J connectivity index is 4.19. The molecular formula is C10H20N2O4. The molecule has 0 rings (SSSR count). The molecule has 0 bridgehead atoms. The molecule has 94 valence electrons. The fourth-order valence-electron chi connectivity index (χ4n) is 1.03. The fraction of sp³-hybridized carbons (Fsp3) is 0.800. The van der Waals surface area contributed by atoms with E-state index in [0.717, 1.165) is 0 Å². The molecule has 16 heavy (non-hydrogen) atoms. The van der Waals surface area contributed by atoms with Gasteiger partial charge in [-0.3, -0.25) is 0 Å². The number of hydrogen-bond acceptors (Lipinski definition) is 4. The lowest BCUT2D eigenvalue weighted by atomic mass is 10.2. The maximum absolute atomic E-state index is 11.3. The van der Waals surface area contributed by atoms with E-state index >= 15 is 0 Å². The quantitative estimate of drug-likeness (QED) is 0.607. The molecular weight excluding hydrogens is 213 g/mol. The lowest BCUT2D eigenvalue weighted by Gasteiger charge is -2.21. The van der Waals surface area contributed by atoms with Crippen LogP contribution in [-0.2, 0) is 9.53 Å². The van der Waals surface area contributed by atoms with Crippen molar-refractivity contribution in [1.82, 2.24) is 5.32 Å². The Bertz CT molecular complexity index is 248. The summed E-state index contributed by atoms with van der Waals surface area (Å²) < 4.78 is 4.95. The van der Waals surface area contributed by atoms with Crippen LogP contribution in [-0.4, -0.2) is 35.4 Å². The van der Waals surface area contributed by atoms with Crippen LogP contribution in [0, 0.1) is 0 Å². The molecule has 0 spiro atoms. The van der Waals surface area contributed by atoms with Crippen molar-refractivity contribution in [2.45, 2.75) is 45.3 Å². The van der Waals surface area contributed by atoms with Gasteiger partial charge in [0.1, 0.15) is 11.6 Å². The summed E-state index contributed by atoms with van der Waals surface area (Å²) >= 11 is 0. The molecule has 0 radical (unpaired) electrons. The molecule has 0 aliphatic heterocycles. The predicted molar refractivity (Wildman–Crippen MR) is 59.1 cm³/mol. The summed E-state index contributed by atoms with van der Waals surface area (Å²) in [4.78, 5) is 22.1. The first-order valence-electron chi connectivity index (χ1n) is 5.18. The van der Waals surface area contributed by atoms with Gasteiger partial charge in [0.05, 0.1) is 0 Å². The highest BCUT2D eigenvalue weighted by molar-refractivity contribution is 5.79. The summed E-state index contributed by atoms with van der Waals surface area (Å²) in [5, 5.41) is 11.1. The van der Waals surface area contributed by atoms with Crippen LogP contribution >= 0.6 is 0 Å². The lowest BCUT2D eigenvalue weighted by molar-refractivity contribution is -0.139. The fourth-order valence-corrected chi connectivity index (χ4v) is 1.03. The highest BCUT2D eigenvalue weighted by atomic mass is 16.6. The lowest BCUT2D eigenvalue weighted by Crippen LogP contribution is -2.43. The molecule has 0 fully saturated rings. The second kappa shape index (κ2) is 6.32. The average molecular weight is 233 g/mol. The van der Waals surface area contributed by atoms with E-state index in [-0.39, 0.29) is 0 Å². The van der Waals surface area contributed by atoms with Crippen molar-refractivity contribution >= 4 is 12.1 Å². The van der Waals surface area contributed by atoms with Gasteiger partial charge in [-0.15, -0.1) is 0 Å². The number of carbonyl (C=O) groups is 2. The van der Waals surface area contributed by atoms with E-state index in [0.29, 0.717) is 19.4 Å². The normalized spacial score (nSPS) is 13.0. The highest BCUT2D eigenvalue weighted by Gasteiger charge is 2.23. The molecule has 6 heteroatoms. The number of alkyl carbamates (subject to hydrolysis) is 1. The van der Waals surface area contributed by atoms with Gasteiger partial charge in [-0.1, -0.05) is 0 Å². The number of nitrogens with two attached hydrogens (primary N) is 1. The smallest absolute Gasteiger partial charge is 0.408 e. The molecule has 0 heterocycles. The highest BCUT2D eigenvalue weighted by Crippen LogP contribution is 2.07. The molecule has 0 aliphatic carbocycles. The van der Waals surface area contributed by atoms with Gasteiger partial charge in [-0.05, 0) is 40.2 Å². The van der Waals surface area contributed by atoms with Crippen molar-refractivity contribution in [2.75, 3.05) is 6.54 Å². The molecule has 1 atom stereocenters. The number of amides is 1. The third kappa shape index (κ3) is 7.05. The summed E-state index contributed by atoms with van der Waals surface area (Å²) in [5.41, 5.74) is 4.63. The Morgan fingerprint density at radius 3 is 2.38 bits per heavy atom. The van der Waals surface area contributed by atoms with E-state index in [1.165, 1.54) is 0 Å². The molecule has 0 saturated carbocycles. The minimum atomic E-state index is -1.08. The Hall–Kier alpha value is -1.30. The number of carbonyl (C=O) groups excluding carboxylic acids is 1. The monoisotopic (exact) mass is 233 g/mol. The Morgan fingerprint density at radius 2 is 2.00 bits per heavy atom. The Kier molecular flexibility index (Phi) is 5.81. The molecule has 0 unspecified atom stereocenters. The summed E-state index contributed by atoms with van der Waals surface area (Å²) in [5.74, 6) is -1.08. The van der Waals surface area contributed by atoms with Crippen LogP contribution in [0.2, 0.25) is 0 Å². The number of aliphatic carboxylic acids is 1. The maximum Gasteiger partial charge on any atom is 0.408 e. The second-order valence-electron chi connectivity index (χ2n) is 4.47. The first-order valence-corrected chi connectivity index (χ1v) is 5.18. The van der Waals surface area contributed by atoms with Crippen molar-refractivity contribution in [3.63, 3.8) is 0 Å². The zero-order valence-corrected chi connectivity index (χ0v) is 9.95. The van der Waals surface area contributed by atoms with E-state index < -0.39 is 23.7 Å². The number of carboxylic acid groups (broad SMARTS) is 1. The number of ether oxygens (including phenoxy) is 1. The predicted octanol–water partition coefficient (Wildman–Crippen LogP) is 0.703. The molecule has 0 aromatic heterocycles. The molecule has 0 aromatic rings. The van der Waals surface area contributed by atoms with Gasteiger partial charge in [0.15, 0.2) is 0 Å².